The Morgan fingerprint density at radius 3 is 2.23 bits per heavy atom. The molecule has 0 radical (unpaired) electrons. The summed E-state index contributed by atoms with van der Waals surface area (Å²) in [6, 6.07) is 12.4. The SMILES string of the molecule is COC(=O)c1ccc(N2C(=O)C(O)=C(C(=O)C(C)(C)C)C2c2cccc(OC)c2)cc1. The highest BCUT2D eigenvalue weighted by atomic mass is 16.5. The van der Waals surface area contributed by atoms with E-state index >= 15 is 0 Å². The van der Waals surface area contributed by atoms with Gasteiger partial charge in [0.2, 0.25) is 0 Å². The van der Waals surface area contributed by atoms with Crippen molar-refractivity contribution in [3.05, 3.63) is 71.0 Å². The van der Waals surface area contributed by atoms with Crippen molar-refractivity contribution < 1.29 is 29.0 Å². The molecule has 1 aliphatic heterocycles. The van der Waals surface area contributed by atoms with Crippen LogP contribution in [-0.2, 0) is 14.3 Å². The Morgan fingerprint density at radius 1 is 1.03 bits per heavy atom. The van der Waals surface area contributed by atoms with Gasteiger partial charge in [0.1, 0.15) is 5.75 Å². The molecule has 1 aliphatic rings. The number of rotatable bonds is 5. The van der Waals surface area contributed by atoms with E-state index in [1.165, 1.54) is 31.3 Å². The topological polar surface area (TPSA) is 93.1 Å². The summed E-state index contributed by atoms with van der Waals surface area (Å²) >= 11 is 0. The minimum atomic E-state index is -0.849. The van der Waals surface area contributed by atoms with E-state index in [1.807, 2.05) is 0 Å². The van der Waals surface area contributed by atoms with Crippen LogP contribution in [-0.4, -0.2) is 37.0 Å². The lowest BCUT2D eigenvalue weighted by atomic mass is 9.82. The third kappa shape index (κ3) is 4.03. The molecule has 1 heterocycles. The number of benzene rings is 2. The highest BCUT2D eigenvalue weighted by Gasteiger charge is 2.46. The summed E-state index contributed by atoms with van der Waals surface area (Å²) in [5, 5.41) is 10.7. The summed E-state index contributed by atoms with van der Waals surface area (Å²) < 4.78 is 10.0. The number of aliphatic hydroxyl groups is 1. The molecule has 2 aromatic rings. The van der Waals surface area contributed by atoms with Crippen molar-refractivity contribution in [2.45, 2.75) is 26.8 Å². The van der Waals surface area contributed by atoms with Crippen LogP contribution in [0.5, 0.6) is 5.75 Å². The number of anilines is 1. The average molecular weight is 423 g/mol. The van der Waals surface area contributed by atoms with Gasteiger partial charge >= 0.3 is 5.97 Å². The molecule has 0 bridgehead atoms. The number of carbonyl (C=O) groups excluding carboxylic acids is 3. The molecule has 2 aromatic carbocycles. The number of amides is 1. The van der Waals surface area contributed by atoms with Crippen molar-refractivity contribution in [2.75, 3.05) is 19.1 Å². The molecule has 31 heavy (non-hydrogen) atoms. The number of hydrogen-bond acceptors (Lipinski definition) is 6. The number of esters is 1. The van der Waals surface area contributed by atoms with Gasteiger partial charge in [-0.2, -0.15) is 0 Å². The van der Waals surface area contributed by atoms with Gasteiger partial charge in [0.25, 0.3) is 5.91 Å². The zero-order valence-electron chi connectivity index (χ0n) is 18.1. The van der Waals surface area contributed by atoms with E-state index in [4.69, 9.17) is 9.47 Å². The number of hydrogen-bond donors (Lipinski definition) is 1. The average Bonchev–Trinajstić information content (AvgIpc) is 3.02. The minimum Gasteiger partial charge on any atom is -0.503 e. The van der Waals surface area contributed by atoms with Gasteiger partial charge in [-0.15, -0.1) is 0 Å². The smallest absolute Gasteiger partial charge is 0.337 e. The van der Waals surface area contributed by atoms with E-state index in [1.54, 1.807) is 57.2 Å². The summed E-state index contributed by atoms with van der Waals surface area (Å²) in [5.74, 6) is -1.55. The van der Waals surface area contributed by atoms with Crippen molar-refractivity contribution in [3.63, 3.8) is 0 Å². The molecule has 1 atom stereocenters. The third-order valence-corrected chi connectivity index (χ3v) is 5.11. The van der Waals surface area contributed by atoms with Crippen molar-refractivity contribution in [3.8, 4) is 5.75 Å². The predicted octanol–water partition coefficient (Wildman–Crippen LogP) is 4.00. The maximum absolute atomic E-state index is 13.2. The van der Waals surface area contributed by atoms with E-state index < -0.39 is 29.1 Å². The standard InChI is InChI=1S/C24H25NO6/c1-24(2,3)21(27)18-19(15-7-6-8-17(13-15)30-4)25(22(28)20(18)26)16-11-9-14(10-12-16)23(29)31-5/h6-13,19,26H,1-5H3. The van der Waals surface area contributed by atoms with E-state index in [-0.39, 0.29) is 11.4 Å². The molecule has 1 unspecified atom stereocenters. The molecule has 0 saturated heterocycles. The van der Waals surface area contributed by atoms with Crippen LogP contribution < -0.4 is 9.64 Å². The Balaban J connectivity index is 2.17. The van der Waals surface area contributed by atoms with Gasteiger partial charge in [0, 0.05) is 11.1 Å². The molecule has 0 aromatic heterocycles. The summed E-state index contributed by atoms with van der Waals surface area (Å²) in [5.41, 5.74) is 0.572. The van der Waals surface area contributed by atoms with Gasteiger partial charge in [0.15, 0.2) is 11.5 Å². The van der Waals surface area contributed by atoms with Gasteiger partial charge in [0.05, 0.1) is 31.4 Å². The van der Waals surface area contributed by atoms with Crippen LogP contribution in [0.2, 0.25) is 0 Å². The van der Waals surface area contributed by atoms with Crippen LogP contribution in [0.15, 0.2) is 59.9 Å². The second-order valence-electron chi connectivity index (χ2n) is 8.23. The number of carbonyl (C=O) groups is 3. The van der Waals surface area contributed by atoms with Crippen LogP contribution in [0.1, 0.15) is 42.7 Å². The molecular formula is C24H25NO6. The van der Waals surface area contributed by atoms with Gasteiger partial charge in [-0.25, -0.2) is 4.79 Å². The number of ketones is 1. The maximum Gasteiger partial charge on any atom is 0.337 e. The molecule has 0 fully saturated rings. The summed E-state index contributed by atoms with van der Waals surface area (Å²) in [6.07, 6.45) is 0. The number of Topliss-reactive ketones (excluding diaryl/α,β-unsaturated/α-hetero) is 1. The molecule has 3 rings (SSSR count). The number of aliphatic hydroxyl groups excluding tert-OH is 1. The first-order valence-electron chi connectivity index (χ1n) is 9.74. The highest BCUT2D eigenvalue weighted by Crippen LogP contribution is 2.43. The van der Waals surface area contributed by atoms with Gasteiger partial charge in [-0.1, -0.05) is 32.9 Å². The van der Waals surface area contributed by atoms with Crippen LogP contribution in [0.3, 0.4) is 0 Å². The van der Waals surface area contributed by atoms with Gasteiger partial charge in [-0.05, 0) is 42.0 Å². The summed E-state index contributed by atoms with van der Waals surface area (Å²) in [4.78, 5) is 39.4. The van der Waals surface area contributed by atoms with Gasteiger partial charge in [-0.3, -0.25) is 14.5 Å². The van der Waals surface area contributed by atoms with Crippen LogP contribution in [0.25, 0.3) is 0 Å². The first-order valence-corrected chi connectivity index (χ1v) is 9.74. The Hall–Kier alpha value is -3.61. The third-order valence-electron chi connectivity index (χ3n) is 5.11. The fraction of sp³-hybridized carbons (Fsp3) is 0.292. The Bertz CT molecular complexity index is 1060. The Labute approximate surface area is 180 Å². The molecule has 7 nitrogen and oxygen atoms in total. The van der Waals surface area contributed by atoms with Gasteiger partial charge < -0.3 is 14.6 Å². The second-order valence-corrected chi connectivity index (χ2v) is 8.23. The van der Waals surface area contributed by atoms with Crippen LogP contribution >= 0.6 is 0 Å². The fourth-order valence-corrected chi connectivity index (χ4v) is 3.51. The normalized spacial score (nSPS) is 16.5. The summed E-state index contributed by atoms with van der Waals surface area (Å²) in [6.45, 7) is 5.20. The zero-order valence-corrected chi connectivity index (χ0v) is 18.1. The monoisotopic (exact) mass is 423 g/mol. The Kier molecular flexibility index (Phi) is 5.88. The number of nitrogens with zero attached hydrogens (tertiary/aromatic N) is 1. The van der Waals surface area contributed by atoms with Crippen LogP contribution in [0, 0.1) is 5.41 Å². The number of ether oxygens (including phenoxy) is 2. The molecule has 0 saturated carbocycles. The van der Waals surface area contributed by atoms with E-state index in [2.05, 4.69) is 0 Å². The van der Waals surface area contributed by atoms with E-state index in [0.29, 0.717) is 22.6 Å². The minimum absolute atomic E-state index is 0.0304. The quantitative estimate of drug-likeness (QED) is 0.731. The Morgan fingerprint density at radius 2 is 1.68 bits per heavy atom. The largest absolute Gasteiger partial charge is 0.503 e. The maximum atomic E-state index is 13.2. The van der Waals surface area contributed by atoms with Crippen molar-refractivity contribution >= 4 is 23.3 Å². The van der Waals surface area contributed by atoms with Crippen molar-refractivity contribution in [1.82, 2.24) is 0 Å². The predicted molar refractivity (Wildman–Crippen MR) is 115 cm³/mol. The molecule has 162 valence electrons. The second kappa shape index (κ2) is 8.26. The molecule has 0 spiro atoms. The van der Waals surface area contributed by atoms with Crippen LogP contribution in [0.4, 0.5) is 5.69 Å². The lowest BCUT2D eigenvalue weighted by Gasteiger charge is -2.29. The molecule has 1 N–H and O–H groups in total. The lowest BCUT2D eigenvalue weighted by molar-refractivity contribution is -0.123. The lowest BCUT2D eigenvalue weighted by Crippen LogP contribution is -2.32. The zero-order chi connectivity index (χ0) is 22.9. The summed E-state index contributed by atoms with van der Waals surface area (Å²) in [7, 11) is 2.81. The van der Waals surface area contributed by atoms with Crippen molar-refractivity contribution in [1.29, 1.82) is 0 Å². The van der Waals surface area contributed by atoms with E-state index in [0.717, 1.165) is 0 Å². The fourth-order valence-electron chi connectivity index (χ4n) is 3.51. The molecule has 7 heteroatoms. The van der Waals surface area contributed by atoms with E-state index in [9.17, 15) is 19.5 Å². The highest BCUT2D eigenvalue weighted by molar-refractivity contribution is 6.17. The molecule has 0 aliphatic carbocycles. The number of methoxy groups -OCH3 is 2. The first kappa shape index (κ1) is 22.1. The van der Waals surface area contributed by atoms with Crippen molar-refractivity contribution in [2.24, 2.45) is 5.41 Å². The molecule has 1 amide bonds. The molecular weight excluding hydrogens is 398 g/mol. The first-order chi connectivity index (χ1) is 14.6.